The number of aryl methyl sites for hydroxylation is 3. The Bertz CT molecular complexity index is 1240. The molecule has 0 saturated carbocycles. The highest BCUT2D eigenvalue weighted by Gasteiger charge is 2.47. The molecule has 2 aliphatic rings. The summed E-state index contributed by atoms with van der Waals surface area (Å²) < 4.78 is 28.2. The van der Waals surface area contributed by atoms with Gasteiger partial charge in [-0.25, -0.2) is 13.3 Å². The molecule has 34 heavy (non-hydrogen) atoms. The van der Waals surface area contributed by atoms with Gasteiger partial charge in [-0.3, -0.25) is 14.4 Å². The Balaban J connectivity index is 1.47. The maximum absolute atomic E-state index is 13.4. The van der Waals surface area contributed by atoms with Crippen molar-refractivity contribution in [3.63, 3.8) is 0 Å². The van der Waals surface area contributed by atoms with Gasteiger partial charge in [-0.05, 0) is 63.1 Å². The van der Waals surface area contributed by atoms with Crippen molar-refractivity contribution in [2.24, 2.45) is 0 Å². The van der Waals surface area contributed by atoms with Crippen LogP contribution in [0.5, 0.6) is 0 Å². The molecule has 1 N–H and O–H groups in total. The van der Waals surface area contributed by atoms with Gasteiger partial charge in [-0.1, -0.05) is 17.7 Å². The average Bonchev–Trinajstić information content (AvgIpc) is 3.06. The first-order valence-corrected chi connectivity index (χ1v) is 12.8. The molecule has 0 bridgehead atoms. The zero-order chi connectivity index (χ0) is 24.8. The molecule has 0 radical (unpaired) electrons. The van der Waals surface area contributed by atoms with Crippen molar-refractivity contribution in [1.29, 1.82) is 0 Å². The van der Waals surface area contributed by atoms with Crippen molar-refractivity contribution in [1.82, 2.24) is 4.31 Å². The average molecular weight is 485 g/mol. The van der Waals surface area contributed by atoms with E-state index < -0.39 is 16.1 Å². The minimum absolute atomic E-state index is 0.0863. The molecule has 180 valence electrons. The fourth-order valence-electron chi connectivity index (χ4n) is 5.13. The standard InChI is InChI=1S/C25H29N3O5S/c1-16-13-17(2)24(18(3)14-16)34(32,33)27-11-9-26(10-12-27)22-15-23(30)28(25(22)31)21-7-5-20(6-8-21)19(4)29/h5-8,13-14,22H,9-12,15H2,1-4H3/p+1/t22-/m0/s1. The van der Waals surface area contributed by atoms with Crippen molar-refractivity contribution in [3.8, 4) is 0 Å². The number of ketones is 1. The zero-order valence-electron chi connectivity index (χ0n) is 19.9. The van der Waals surface area contributed by atoms with Crippen LogP contribution in [0.25, 0.3) is 0 Å². The molecular formula is C25H30N3O5S+. The number of Topliss-reactive ketones (excluding diaryl/α,β-unsaturated/α-hetero) is 1. The Morgan fingerprint density at radius 3 is 2.06 bits per heavy atom. The lowest BCUT2D eigenvalue weighted by Gasteiger charge is -2.34. The highest BCUT2D eigenvalue weighted by Crippen LogP contribution is 2.26. The molecule has 2 aromatic rings. The van der Waals surface area contributed by atoms with Crippen LogP contribution in [0.2, 0.25) is 0 Å². The Kier molecular flexibility index (Phi) is 6.46. The normalized spacial score (nSPS) is 20.2. The van der Waals surface area contributed by atoms with Gasteiger partial charge >= 0.3 is 0 Å². The molecule has 2 amide bonds. The highest BCUT2D eigenvalue weighted by molar-refractivity contribution is 7.89. The van der Waals surface area contributed by atoms with E-state index in [1.165, 1.54) is 16.1 Å². The summed E-state index contributed by atoms with van der Waals surface area (Å²) in [4.78, 5) is 39.8. The van der Waals surface area contributed by atoms with Crippen LogP contribution in [-0.2, 0) is 19.6 Å². The van der Waals surface area contributed by atoms with Gasteiger partial charge in [-0.15, -0.1) is 0 Å². The van der Waals surface area contributed by atoms with E-state index in [4.69, 9.17) is 0 Å². The van der Waals surface area contributed by atoms with Crippen LogP contribution in [0.1, 0.15) is 40.4 Å². The number of nitrogens with zero attached hydrogens (tertiary/aromatic N) is 2. The predicted octanol–water partition coefficient (Wildman–Crippen LogP) is 1.04. The lowest BCUT2D eigenvalue weighted by molar-refractivity contribution is -0.918. The van der Waals surface area contributed by atoms with Gasteiger partial charge in [0.25, 0.3) is 5.91 Å². The first kappa shape index (κ1) is 24.3. The molecule has 2 heterocycles. The Morgan fingerprint density at radius 2 is 1.53 bits per heavy atom. The maximum Gasteiger partial charge on any atom is 0.292 e. The number of piperazine rings is 1. The molecule has 2 fully saturated rings. The number of hydrogen-bond acceptors (Lipinski definition) is 5. The van der Waals surface area contributed by atoms with Crippen molar-refractivity contribution >= 4 is 33.3 Å². The Labute approximate surface area is 200 Å². The third-order valence-corrected chi connectivity index (χ3v) is 8.94. The predicted molar refractivity (Wildman–Crippen MR) is 127 cm³/mol. The number of benzene rings is 2. The quantitative estimate of drug-likeness (QED) is 0.505. The number of amides is 2. The summed E-state index contributed by atoms with van der Waals surface area (Å²) in [5.74, 6) is -0.645. The molecule has 4 rings (SSSR count). The highest BCUT2D eigenvalue weighted by atomic mass is 32.2. The fraction of sp³-hybridized carbons (Fsp3) is 0.400. The second-order valence-corrected chi connectivity index (χ2v) is 11.1. The van der Waals surface area contributed by atoms with Crippen LogP contribution < -0.4 is 9.80 Å². The molecule has 8 nitrogen and oxygen atoms in total. The van der Waals surface area contributed by atoms with Crippen LogP contribution in [0.4, 0.5) is 5.69 Å². The molecule has 0 aromatic heterocycles. The van der Waals surface area contributed by atoms with Crippen LogP contribution in [-0.4, -0.2) is 62.5 Å². The van der Waals surface area contributed by atoms with E-state index in [2.05, 4.69) is 0 Å². The number of carbonyl (C=O) groups excluding carboxylic acids is 3. The summed E-state index contributed by atoms with van der Waals surface area (Å²) in [5, 5.41) is 0. The summed E-state index contributed by atoms with van der Waals surface area (Å²) in [5.41, 5.74) is 3.45. The minimum Gasteiger partial charge on any atom is -0.322 e. The van der Waals surface area contributed by atoms with Gasteiger partial charge < -0.3 is 4.90 Å². The van der Waals surface area contributed by atoms with Crippen LogP contribution in [0.3, 0.4) is 0 Å². The lowest BCUT2D eigenvalue weighted by Crippen LogP contribution is -3.19. The van der Waals surface area contributed by atoms with Crippen molar-refractivity contribution < 1.29 is 27.7 Å². The number of anilines is 1. The first-order valence-electron chi connectivity index (χ1n) is 11.4. The monoisotopic (exact) mass is 484 g/mol. The number of carbonyl (C=O) groups is 3. The molecule has 9 heteroatoms. The van der Waals surface area contributed by atoms with E-state index in [0.29, 0.717) is 29.2 Å². The summed E-state index contributed by atoms with van der Waals surface area (Å²) in [6, 6.07) is 9.66. The molecule has 0 spiro atoms. The molecular weight excluding hydrogens is 454 g/mol. The van der Waals surface area contributed by atoms with Crippen LogP contribution >= 0.6 is 0 Å². The molecule has 1 atom stereocenters. The third-order valence-electron chi connectivity index (χ3n) is 6.74. The van der Waals surface area contributed by atoms with Crippen LogP contribution in [0, 0.1) is 20.8 Å². The Hall–Kier alpha value is -2.88. The van der Waals surface area contributed by atoms with E-state index >= 15 is 0 Å². The number of sulfonamides is 1. The van der Waals surface area contributed by atoms with Gasteiger partial charge in [0, 0.05) is 5.56 Å². The van der Waals surface area contributed by atoms with Gasteiger partial charge in [0.1, 0.15) is 0 Å². The maximum atomic E-state index is 13.4. The van der Waals surface area contributed by atoms with Crippen molar-refractivity contribution in [3.05, 3.63) is 58.7 Å². The number of nitrogens with one attached hydrogen (secondary N) is 1. The summed E-state index contributed by atoms with van der Waals surface area (Å²) in [7, 11) is -3.65. The fourth-order valence-corrected chi connectivity index (χ4v) is 6.99. The van der Waals surface area contributed by atoms with Gasteiger partial charge in [-0.2, -0.15) is 4.31 Å². The molecule has 2 saturated heterocycles. The van der Waals surface area contributed by atoms with E-state index in [0.717, 1.165) is 21.6 Å². The topological polar surface area (TPSA) is 96.3 Å². The van der Waals surface area contributed by atoms with Gasteiger partial charge in [0.05, 0.1) is 43.2 Å². The SMILES string of the molecule is CC(=O)c1ccc(N2C(=O)C[C@H]([NH+]3CCN(S(=O)(=O)c4c(C)cc(C)cc4C)CC3)C2=O)cc1. The second-order valence-electron chi connectivity index (χ2n) is 9.22. The number of rotatable bonds is 5. The van der Waals surface area contributed by atoms with Crippen molar-refractivity contribution in [2.75, 3.05) is 31.1 Å². The second kappa shape index (κ2) is 9.05. The first-order chi connectivity index (χ1) is 16.0. The van der Waals surface area contributed by atoms with Crippen LogP contribution in [0.15, 0.2) is 41.3 Å². The summed E-state index contributed by atoms with van der Waals surface area (Å²) in [6.07, 6.45) is 0.0888. The van der Waals surface area contributed by atoms with Gasteiger partial charge in [0.2, 0.25) is 15.9 Å². The molecule has 2 aliphatic heterocycles. The summed E-state index contributed by atoms with van der Waals surface area (Å²) in [6.45, 7) is 8.50. The van der Waals surface area contributed by atoms with Gasteiger partial charge in [0.15, 0.2) is 11.8 Å². The van der Waals surface area contributed by atoms with E-state index in [-0.39, 0.29) is 37.1 Å². The minimum atomic E-state index is -3.65. The lowest BCUT2D eigenvalue weighted by atomic mass is 10.1. The number of hydrogen-bond donors (Lipinski definition) is 1. The van der Waals surface area contributed by atoms with E-state index in [1.54, 1.807) is 24.3 Å². The molecule has 2 aromatic carbocycles. The third kappa shape index (κ3) is 4.31. The Morgan fingerprint density at radius 1 is 0.971 bits per heavy atom. The number of quaternary nitrogens is 1. The molecule has 0 aliphatic carbocycles. The van der Waals surface area contributed by atoms with E-state index in [9.17, 15) is 22.8 Å². The van der Waals surface area contributed by atoms with E-state index in [1.807, 2.05) is 32.9 Å². The molecule has 0 unspecified atom stereocenters. The smallest absolute Gasteiger partial charge is 0.292 e. The van der Waals surface area contributed by atoms with Crippen molar-refractivity contribution in [2.45, 2.75) is 45.1 Å². The summed E-state index contributed by atoms with van der Waals surface area (Å²) >= 11 is 0. The zero-order valence-corrected chi connectivity index (χ0v) is 20.7. The largest absolute Gasteiger partial charge is 0.322 e. The number of imide groups is 1.